The zero-order chi connectivity index (χ0) is 22.9. The van der Waals surface area contributed by atoms with Crippen molar-refractivity contribution in [1.82, 2.24) is 14.9 Å². The largest absolute Gasteiger partial charge is 0.443 e. The molecule has 0 aliphatic carbocycles. The molecule has 4 aromatic rings. The first kappa shape index (κ1) is 21.5. The van der Waals surface area contributed by atoms with E-state index in [1.165, 1.54) is 29.5 Å². The van der Waals surface area contributed by atoms with Crippen LogP contribution in [0.5, 0.6) is 0 Å². The third kappa shape index (κ3) is 4.30. The summed E-state index contributed by atoms with van der Waals surface area (Å²) in [6.07, 6.45) is 3.63. The van der Waals surface area contributed by atoms with Gasteiger partial charge in [-0.15, -0.1) is 11.3 Å². The number of carbonyl (C=O) groups excluding carboxylic acids is 1. The lowest BCUT2D eigenvalue weighted by atomic mass is 10.1. The van der Waals surface area contributed by atoms with Crippen molar-refractivity contribution in [2.75, 3.05) is 6.54 Å². The Hall–Kier alpha value is -3.39. The minimum atomic E-state index is -0.366. The standard InChI is InChI=1S/C25H21F2N3O2S/c1-15-22(33-24(29-15)19-8-2-3-9-20(19)27)25(31)30-11-5-10-21(30)23-28-14-18(32-23)13-16-6-4-7-17(26)12-16/h2-4,6-9,12,14,21H,5,10-11,13H2,1H3/t21-/m0/s1. The maximum Gasteiger partial charge on any atom is 0.266 e. The average molecular weight is 466 g/mol. The van der Waals surface area contributed by atoms with E-state index < -0.39 is 0 Å². The van der Waals surface area contributed by atoms with Crippen molar-refractivity contribution in [2.24, 2.45) is 0 Å². The molecule has 0 bridgehead atoms. The Bertz CT molecular complexity index is 1320. The zero-order valence-corrected chi connectivity index (χ0v) is 18.7. The van der Waals surface area contributed by atoms with Gasteiger partial charge >= 0.3 is 0 Å². The van der Waals surface area contributed by atoms with Gasteiger partial charge in [-0.1, -0.05) is 24.3 Å². The molecular formula is C25H21F2N3O2S. The molecule has 0 saturated carbocycles. The Morgan fingerprint density at radius 3 is 2.88 bits per heavy atom. The summed E-state index contributed by atoms with van der Waals surface area (Å²) in [7, 11) is 0. The van der Waals surface area contributed by atoms with Crippen LogP contribution in [0.15, 0.2) is 59.1 Å². The maximum atomic E-state index is 14.2. The van der Waals surface area contributed by atoms with E-state index in [1.54, 1.807) is 42.3 Å². The summed E-state index contributed by atoms with van der Waals surface area (Å²) >= 11 is 1.20. The summed E-state index contributed by atoms with van der Waals surface area (Å²) < 4.78 is 33.6. The van der Waals surface area contributed by atoms with Gasteiger partial charge in [0.25, 0.3) is 5.91 Å². The molecule has 168 valence electrons. The van der Waals surface area contributed by atoms with Crippen LogP contribution in [0.1, 0.15) is 51.5 Å². The minimum absolute atomic E-state index is 0.153. The molecule has 1 aliphatic rings. The van der Waals surface area contributed by atoms with Gasteiger partial charge in [0.1, 0.15) is 33.3 Å². The number of thiazole rings is 1. The molecule has 0 unspecified atom stereocenters. The molecule has 1 fully saturated rings. The highest BCUT2D eigenvalue weighted by molar-refractivity contribution is 7.17. The van der Waals surface area contributed by atoms with E-state index in [9.17, 15) is 13.6 Å². The summed E-state index contributed by atoms with van der Waals surface area (Å²) in [6, 6.07) is 12.5. The SMILES string of the molecule is Cc1nc(-c2ccccc2F)sc1C(=O)N1CCC[C@H]1c1ncc(Cc2cccc(F)c2)o1. The van der Waals surface area contributed by atoms with Crippen LogP contribution in [0, 0.1) is 18.6 Å². The quantitative estimate of drug-likeness (QED) is 0.365. The summed E-state index contributed by atoms with van der Waals surface area (Å²) in [5.41, 5.74) is 1.75. The second kappa shape index (κ2) is 8.86. The maximum absolute atomic E-state index is 14.2. The molecule has 1 atom stereocenters. The number of rotatable bonds is 5. The Morgan fingerprint density at radius 2 is 2.06 bits per heavy atom. The lowest BCUT2D eigenvalue weighted by Gasteiger charge is -2.21. The number of carbonyl (C=O) groups is 1. The molecule has 33 heavy (non-hydrogen) atoms. The highest BCUT2D eigenvalue weighted by Crippen LogP contribution is 2.36. The van der Waals surface area contributed by atoms with Crippen LogP contribution in [0.4, 0.5) is 8.78 Å². The van der Waals surface area contributed by atoms with Crippen LogP contribution in [-0.4, -0.2) is 27.3 Å². The van der Waals surface area contributed by atoms with Crippen LogP contribution < -0.4 is 0 Å². The van der Waals surface area contributed by atoms with Gasteiger partial charge in [-0.2, -0.15) is 0 Å². The Labute approximate surface area is 193 Å². The van der Waals surface area contributed by atoms with Gasteiger partial charge in [0, 0.05) is 18.5 Å². The van der Waals surface area contributed by atoms with Crippen molar-refractivity contribution in [3.8, 4) is 10.6 Å². The van der Waals surface area contributed by atoms with Crippen LogP contribution in [0.2, 0.25) is 0 Å². The number of hydrogen-bond acceptors (Lipinski definition) is 5. The minimum Gasteiger partial charge on any atom is -0.443 e. The van der Waals surface area contributed by atoms with Crippen molar-refractivity contribution >= 4 is 17.2 Å². The first-order chi connectivity index (χ1) is 16.0. The molecular weight excluding hydrogens is 444 g/mol. The van der Waals surface area contributed by atoms with Crippen molar-refractivity contribution in [3.05, 3.63) is 94.1 Å². The number of benzene rings is 2. The van der Waals surface area contributed by atoms with Crippen molar-refractivity contribution in [2.45, 2.75) is 32.2 Å². The molecule has 2 aromatic heterocycles. The monoisotopic (exact) mass is 465 g/mol. The van der Waals surface area contributed by atoms with E-state index in [-0.39, 0.29) is 23.6 Å². The van der Waals surface area contributed by atoms with Crippen LogP contribution in [0.3, 0.4) is 0 Å². The van der Waals surface area contributed by atoms with Crippen molar-refractivity contribution in [3.63, 3.8) is 0 Å². The number of oxazole rings is 1. The molecule has 1 aliphatic heterocycles. The average Bonchev–Trinajstić information content (AvgIpc) is 3.53. The molecule has 5 nitrogen and oxygen atoms in total. The Kier molecular flexibility index (Phi) is 5.76. The predicted molar refractivity (Wildman–Crippen MR) is 121 cm³/mol. The third-order valence-electron chi connectivity index (χ3n) is 5.73. The van der Waals surface area contributed by atoms with Crippen LogP contribution >= 0.6 is 11.3 Å². The molecule has 0 spiro atoms. The number of aryl methyl sites for hydroxylation is 1. The fraction of sp³-hybridized carbons (Fsp3) is 0.240. The number of aromatic nitrogens is 2. The van der Waals surface area contributed by atoms with E-state index in [2.05, 4.69) is 9.97 Å². The number of hydrogen-bond donors (Lipinski definition) is 0. The van der Waals surface area contributed by atoms with Crippen LogP contribution in [-0.2, 0) is 6.42 Å². The highest BCUT2D eigenvalue weighted by Gasteiger charge is 2.35. The second-order valence-corrected chi connectivity index (χ2v) is 9.04. The molecule has 0 N–H and O–H groups in total. The predicted octanol–water partition coefficient (Wildman–Crippen LogP) is 5.95. The van der Waals surface area contributed by atoms with Gasteiger partial charge in [-0.3, -0.25) is 4.79 Å². The van der Waals surface area contributed by atoms with Gasteiger partial charge in [-0.25, -0.2) is 18.7 Å². The van der Waals surface area contributed by atoms with E-state index >= 15 is 0 Å². The summed E-state index contributed by atoms with van der Waals surface area (Å²) in [5, 5.41) is 0.484. The van der Waals surface area contributed by atoms with Gasteiger partial charge < -0.3 is 9.32 Å². The summed E-state index contributed by atoms with van der Waals surface area (Å²) in [6.45, 7) is 2.35. The van der Waals surface area contributed by atoms with Gasteiger partial charge in [0.2, 0.25) is 5.89 Å². The lowest BCUT2D eigenvalue weighted by Crippen LogP contribution is -2.30. The normalized spacial score (nSPS) is 15.8. The van der Waals surface area contributed by atoms with Crippen LogP contribution in [0.25, 0.3) is 10.6 Å². The van der Waals surface area contributed by atoms with Gasteiger partial charge in [-0.05, 0) is 49.6 Å². The summed E-state index contributed by atoms with van der Waals surface area (Å²) in [5.74, 6) is 0.277. The molecule has 2 aromatic carbocycles. The lowest BCUT2D eigenvalue weighted by molar-refractivity contribution is 0.0718. The molecule has 0 radical (unpaired) electrons. The molecule has 3 heterocycles. The number of amides is 1. The first-order valence-electron chi connectivity index (χ1n) is 10.7. The highest BCUT2D eigenvalue weighted by atomic mass is 32.1. The zero-order valence-electron chi connectivity index (χ0n) is 17.9. The smallest absolute Gasteiger partial charge is 0.266 e. The Morgan fingerprint density at radius 1 is 1.21 bits per heavy atom. The molecule has 1 amide bonds. The fourth-order valence-corrected chi connectivity index (χ4v) is 5.20. The number of likely N-dealkylation sites (tertiary alicyclic amines) is 1. The van der Waals surface area contributed by atoms with Crippen molar-refractivity contribution in [1.29, 1.82) is 0 Å². The van der Waals surface area contributed by atoms with Crippen molar-refractivity contribution < 1.29 is 18.0 Å². The number of halogens is 2. The van der Waals surface area contributed by atoms with E-state index in [0.717, 1.165) is 18.4 Å². The van der Waals surface area contributed by atoms with E-state index in [4.69, 9.17) is 4.42 Å². The van der Waals surface area contributed by atoms with E-state index in [1.807, 2.05) is 6.07 Å². The second-order valence-electron chi connectivity index (χ2n) is 8.04. The van der Waals surface area contributed by atoms with Gasteiger partial charge in [0.15, 0.2) is 0 Å². The number of nitrogens with zero attached hydrogens (tertiary/aromatic N) is 3. The fourth-order valence-electron chi connectivity index (χ4n) is 4.15. The molecule has 1 saturated heterocycles. The molecule has 5 rings (SSSR count). The summed E-state index contributed by atoms with van der Waals surface area (Å²) in [4.78, 5) is 24.5. The third-order valence-corrected chi connectivity index (χ3v) is 6.91. The first-order valence-corrected chi connectivity index (χ1v) is 11.5. The topological polar surface area (TPSA) is 59.2 Å². The van der Waals surface area contributed by atoms with Gasteiger partial charge in [0.05, 0.1) is 11.9 Å². The van der Waals surface area contributed by atoms with E-state index in [0.29, 0.717) is 45.8 Å². The molecule has 8 heteroatoms. The Balaban J connectivity index is 1.37.